The summed E-state index contributed by atoms with van der Waals surface area (Å²) in [4.78, 5) is 19.6. The fourth-order valence-corrected chi connectivity index (χ4v) is 5.52. The lowest BCUT2D eigenvalue weighted by Crippen LogP contribution is -2.48. The predicted octanol–water partition coefficient (Wildman–Crippen LogP) is 4.23. The van der Waals surface area contributed by atoms with Gasteiger partial charge in [0.2, 0.25) is 5.95 Å². The Morgan fingerprint density at radius 3 is 2.46 bits per heavy atom. The Balaban J connectivity index is 1.29. The molecule has 7 nitrogen and oxygen atoms in total. The molecule has 0 saturated carbocycles. The third-order valence-corrected chi connectivity index (χ3v) is 7.51. The van der Waals surface area contributed by atoms with Crippen molar-refractivity contribution in [2.45, 2.75) is 24.7 Å². The molecule has 3 aliphatic rings. The van der Waals surface area contributed by atoms with E-state index in [1.165, 1.54) is 18.3 Å². The van der Waals surface area contributed by atoms with E-state index in [2.05, 4.69) is 15.2 Å². The molecule has 1 N–H and O–H groups in total. The molecule has 0 aliphatic carbocycles. The van der Waals surface area contributed by atoms with Gasteiger partial charge in [-0.2, -0.15) is 18.2 Å². The summed E-state index contributed by atoms with van der Waals surface area (Å²) >= 11 is 6.05. The lowest BCUT2D eigenvalue weighted by molar-refractivity contribution is -0.137. The van der Waals surface area contributed by atoms with Crippen molar-refractivity contribution in [1.29, 1.82) is 0 Å². The summed E-state index contributed by atoms with van der Waals surface area (Å²) in [7, 11) is 0. The van der Waals surface area contributed by atoms with Gasteiger partial charge in [-0.1, -0.05) is 11.6 Å². The van der Waals surface area contributed by atoms with Crippen LogP contribution in [0.2, 0.25) is 5.02 Å². The van der Waals surface area contributed by atoms with Gasteiger partial charge >= 0.3 is 6.18 Å². The molecule has 0 spiro atoms. The second-order valence-electron chi connectivity index (χ2n) is 9.53. The number of rotatable bonds is 4. The summed E-state index contributed by atoms with van der Waals surface area (Å²) in [6.07, 6.45) is -2.07. The highest BCUT2D eigenvalue weighted by Crippen LogP contribution is 2.36. The second-order valence-corrected chi connectivity index (χ2v) is 9.94. The molecule has 3 saturated heterocycles. The average molecular weight is 534 g/mol. The first kappa shape index (κ1) is 24.2. The zero-order valence-electron chi connectivity index (χ0n) is 19.7. The molecule has 3 aliphatic heterocycles. The number of piperazine rings is 2. The number of pyridine rings is 1. The lowest BCUT2D eigenvalue weighted by Gasteiger charge is -2.37. The summed E-state index contributed by atoms with van der Waals surface area (Å²) in [5, 5.41) is 3.48. The van der Waals surface area contributed by atoms with Crippen LogP contribution in [0.3, 0.4) is 0 Å². The van der Waals surface area contributed by atoms with Crippen LogP contribution < -0.4 is 20.0 Å². The van der Waals surface area contributed by atoms with Crippen LogP contribution >= 0.6 is 11.6 Å². The maximum Gasteiger partial charge on any atom is 0.419 e. The number of benzene rings is 1. The van der Waals surface area contributed by atoms with Crippen molar-refractivity contribution in [3.63, 3.8) is 0 Å². The minimum atomic E-state index is -4.47. The van der Waals surface area contributed by atoms with E-state index >= 15 is 0 Å². The highest BCUT2D eigenvalue weighted by molar-refractivity contribution is 6.31. The SMILES string of the molecule is Fc1ccc(-c2cc(N3CCN(c4ncccc4C(F)(F)F)CC3)nc(N3C[C@H]4C[C@@H]3CN4)n2)cc1Cl. The molecular formula is C25H24ClF4N7. The molecule has 194 valence electrons. The number of alkyl halides is 3. The number of anilines is 3. The van der Waals surface area contributed by atoms with Crippen molar-refractivity contribution in [2.24, 2.45) is 0 Å². The molecule has 2 atom stereocenters. The molecule has 3 aromatic rings. The largest absolute Gasteiger partial charge is 0.419 e. The first-order valence-electron chi connectivity index (χ1n) is 12.1. The highest BCUT2D eigenvalue weighted by Gasteiger charge is 2.40. The van der Waals surface area contributed by atoms with E-state index in [1.807, 2.05) is 11.0 Å². The van der Waals surface area contributed by atoms with E-state index in [1.54, 1.807) is 17.0 Å². The molecular weight excluding hydrogens is 510 g/mol. The van der Waals surface area contributed by atoms with Crippen molar-refractivity contribution >= 4 is 29.2 Å². The standard InChI is InChI=1S/C25H24ClF4N7/c26-19-10-15(3-4-20(19)27)21-12-22(34-24(33-21)37-14-16-11-17(37)13-32-16)35-6-8-36(9-7-35)23-18(25(28,29)30)2-1-5-31-23/h1-5,10,12,16-17,32H,6-9,11,13-14H2/t16-,17-/m1/s1. The molecule has 0 unspecified atom stereocenters. The number of halogens is 5. The van der Waals surface area contributed by atoms with Crippen LogP contribution in [-0.4, -0.2) is 66.3 Å². The van der Waals surface area contributed by atoms with Crippen LogP contribution in [0.4, 0.5) is 35.1 Å². The number of hydrogen-bond donors (Lipinski definition) is 1. The molecule has 1 aromatic carbocycles. The molecule has 37 heavy (non-hydrogen) atoms. The minimum absolute atomic E-state index is 0.00749. The van der Waals surface area contributed by atoms with Crippen LogP contribution in [0.15, 0.2) is 42.6 Å². The van der Waals surface area contributed by atoms with Crippen molar-refractivity contribution in [3.05, 3.63) is 59.0 Å². The highest BCUT2D eigenvalue weighted by atomic mass is 35.5. The first-order chi connectivity index (χ1) is 17.8. The molecule has 6 rings (SSSR count). The van der Waals surface area contributed by atoms with Gasteiger partial charge < -0.3 is 20.0 Å². The summed E-state index contributed by atoms with van der Waals surface area (Å²) in [5.74, 6) is 0.702. The maximum absolute atomic E-state index is 13.8. The van der Waals surface area contributed by atoms with Crippen LogP contribution in [0.1, 0.15) is 12.0 Å². The van der Waals surface area contributed by atoms with Crippen LogP contribution in [0, 0.1) is 5.82 Å². The third kappa shape index (κ3) is 4.66. The van der Waals surface area contributed by atoms with Gasteiger partial charge in [-0.05, 0) is 36.8 Å². The fourth-order valence-electron chi connectivity index (χ4n) is 5.34. The van der Waals surface area contributed by atoms with Crippen molar-refractivity contribution in [1.82, 2.24) is 20.3 Å². The van der Waals surface area contributed by atoms with Crippen LogP contribution in [0.25, 0.3) is 11.3 Å². The van der Waals surface area contributed by atoms with Crippen molar-refractivity contribution < 1.29 is 17.6 Å². The summed E-state index contributed by atoms with van der Waals surface area (Å²) in [6, 6.07) is 9.37. The smallest absolute Gasteiger partial charge is 0.353 e. The van der Waals surface area contributed by atoms with Gasteiger partial charge in [0, 0.05) is 69.2 Å². The fraction of sp³-hybridized carbons (Fsp3) is 0.400. The minimum Gasteiger partial charge on any atom is -0.353 e. The van der Waals surface area contributed by atoms with E-state index in [9.17, 15) is 17.6 Å². The van der Waals surface area contributed by atoms with Gasteiger partial charge in [0.25, 0.3) is 0 Å². The Bertz CT molecular complexity index is 1310. The lowest BCUT2D eigenvalue weighted by atomic mass is 10.1. The summed E-state index contributed by atoms with van der Waals surface area (Å²) in [5.41, 5.74) is 0.547. The molecule has 0 radical (unpaired) electrons. The number of aromatic nitrogens is 3. The Labute approximate surface area is 216 Å². The first-order valence-corrected chi connectivity index (χ1v) is 12.5. The monoisotopic (exact) mass is 533 g/mol. The van der Waals surface area contributed by atoms with E-state index in [0.29, 0.717) is 61.3 Å². The van der Waals surface area contributed by atoms with E-state index in [0.717, 1.165) is 25.6 Å². The topological polar surface area (TPSA) is 60.4 Å². The maximum atomic E-state index is 13.8. The Morgan fingerprint density at radius 2 is 1.78 bits per heavy atom. The van der Waals surface area contributed by atoms with E-state index < -0.39 is 17.6 Å². The Kier molecular flexibility index (Phi) is 6.07. The zero-order chi connectivity index (χ0) is 25.7. The molecule has 3 fully saturated rings. The Hall–Kier alpha value is -3.18. The van der Waals surface area contributed by atoms with Crippen molar-refractivity contribution in [3.8, 4) is 11.3 Å². The number of fused-ring (bicyclic) bond motifs is 2. The quantitative estimate of drug-likeness (QED) is 0.504. The normalized spacial score (nSPS) is 21.7. The van der Waals surface area contributed by atoms with Gasteiger partial charge in [0.1, 0.15) is 17.5 Å². The molecule has 12 heteroatoms. The number of hydrogen-bond acceptors (Lipinski definition) is 7. The number of nitrogens with one attached hydrogen (secondary N) is 1. The van der Waals surface area contributed by atoms with Crippen LogP contribution in [0.5, 0.6) is 0 Å². The van der Waals surface area contributed by atoms with E-state index in [-0.39, 0.29) is 10.8 Å². The molecule has 5 heterocycles. The third-order valence-electron chi connectivity index (χ3n) is 7.22. The summed E-state index contributed by atoms with van der Waals surface area (Å²) in [6.45, 7) is 3.29. The second kappa shape index (κ2) is 9.29. The number of nitrogens with zero attached hydrogens (tertiary/aromatic N) is 6. The zero-order valence-corrected chi connectivity index (χ0v) is 20.5. The van der Waals surface area contributed by atoms with Gasteiger partial charge in [-0.15, -0.1) is 0 Å². The van der Waals surface area contributed by atoms with Crippen molar-refractivity contribution in [2.75, 3.05) is 54.0 Å². The van der Waals surface area contributed by atoms with Gasteiger partial charge in [0.05, 0.1) is 16.3 Å². The van der Waals surface area contributed by atoms with Gasteiger partial charge in [0.15, 0.2) is 0 Å². The summed E-state index contributed by atoms with van der Waals surface area (Å²) < 4.78 is 54.4. The average Bonchev–Trinajstić information content (AvgIpc) is 3.54. The molecule has 2 bridgehead atoms. The molecule has 2 aromatic heterocycles. The van der Waals surface area contributed by atoms with Gasteiger partial charge in [-0.25, -0.2) is 14.4 Å². The van der Waals surface area contributed by atoms with Crippen LogP contribution in [-0.2, 0) is 6.18 Å². The molecule has 0 amide bonds. The van der Waals surface area contributed by atoms with Gasteiger partial charge in [-0.3, -0.25) is 0 Å². The van der Waals surface area contributed by atoms with E-state index in [4.69, 9.17) is 21.6 Å². The predicted molar refractivity (Wildman–Crippen MR) is 134 cm³/mol. The Morgan fingerprint density at radius 1 is 1.00 bits per heavy atom.